The van der Waals surface area contributed by atoms with Gasteiger partial charge >= 0.3 is 5.97 Å². The second-order valence-electron chi connectivity index (χ2n) is 20.2. The minimum Gasteiger partial charge on any atom is -0.458 e. The van der Waals surface area contributed by atoms with E-state index in [0.29, 0.717) is 57.4 Å². The minimum absolute atomic E-state index is 0.00336. The fourth-order valence-corrected chi connectivity index (χ4v) is 10.3. The first-order chi connectivity index (χ1) is 39.9. The number of cyclic esters (lactones) is 1. The van der Waals surface area contributed by atoms with Gasteiger partial charge in [-0.05, 0) is 60.9 Å². The Morgan fingerprint density at radius 3 is 2.20 bits per heavy atom. The maximum Gasteiger partial charge on any atom is 0.343 e. The number of aryl methyl sites for hydroxylation is 1. The van der Waals surface area contributed by atoms with Gasteiger partial charge in [0.05, 0.1) is 81.1 Å². The quantitative estimate of drug-likeness (QED) is 0.0177. The van der Waals surface area contributed by atoms with Crippen LogP contribution in [0.3, 0.4) is 0 Å². The molecule has 0 fully saturated rings. The van der Waals surface area contributed by atoms with E-state index in [9.17, 15) is 57.8 Å². The number of carbonyl (C=O) groups is 10. The summed E-state index contributed by atoms with van der Waals surface area (Å²) in [4.78, 5) is 145. The number of fused-ring (bicyclic) bond motifs is 5. The Morgan fingerprint density at radius 2 is 1.46 bits per heavy atom. The molecule has 3 atom stereocenters. The van der Waals surface area contributed by atoms with Gasteiger partial charge in [-0.2, -0.15) is 0 Å². The van der Waals surface area contributed by atoms with Crippen LogP contribution in [-0.4, -0.2) is 150 Å². The lowest BCUT2D eigenvalue weighted by molar-refractivity contribution is -0.172. The third-order valence-corrected chi connectivity index (χ3v) is 14.7. The van der Waals surface area contributed by atoms with Gasteiger partial charge < -0.3 is 61.1 Å². The normalized spacial score (nSPS) is 16.7. The van der Waals surface area contributed by atoms with E-state index in [0.717, 1.165) is 22.6 Å². The number of hydrogen-bond acceptors (Lipinski definition) is 16. The highest BCUT2D eigenvalue weighted by Crippen LogP contribution is 2.46. The van der Waals surface area contributed by atoms with Gasteiger partial charge in [0.25, 0.3) is 17.4 Å². The third kappa shape index (κ3) is 14.5. The van der Waals surface area contributed by atoms with Crippen molar-refractivity contribution in [3.05, 3.63) is 110 Å². The van der Waals surface area contributed by atoms with Gasteiger partial charge in [0.15, 0.2) is 5.60 Å². The van der Waals surface area contributed by atoms with Crippen LogP contribution in [0.25, 0.3) is 22.3 Å². The summed E-state index contributed by atoms with van der Waals surface area (Å²) in [5.74, 6) is -6.06. The van der Waals surface area contributed by atoms with E-state index in [4.69, 9.17) is 19.2 Å². The maximum absolute atomic E-state index is 15.4. The molecule has 4 aliphatic rings. The van der Waals surface area contributed by atoms with Crippen molar-refractivity contribution in [3.8, 4) is 11.4 Å². The number of amides is 9. The van der Waals surface area contributed by atoms with Crippen LogP contribution in [0, 0.1) is 12.7 Å². The fraction of sp³-hybridized carbons (Fsp3) is 0.439. The third-order valence-electron chi connectivity index (χ3n) is 14.7. The first-order valence-electron chi connectivity index (χ1n) is 27.3. The van der Waals surface area contributed by atoms with Gasteiger partial charge in [-0.15, -0.1) is 0 Å². The summed E-state index contributed by atoms with van der Waals surface area (Å²) in [5.41, 5.74) is 2.09. The molecule has 2 aromatic heterocycles. The Hall–Kier alpha value is -8.75. The van der Waals surface area contributed by atoms with E-state index >= 15 is 4.39 Å². The average molecular weight is 1150 g/mol. The van der Waals surface area contributed by atoms with Gasteiger partial charge in [-0.3, -0.25) is 52.8 Å². The Morgan fingerprint density at radius 1 is 0.783 bits per heavy atom. The van der Waals surface area contributed by atoms with Crippen molar-refractivity contribution in [2.24, 2.45) is 0 Å². The summed E-state index contributed by atoms with van der Waals surface area (Å²) in [6.45, 7) is 2.39. The van der Waals surface area contributed by atoms with Crippen LogP contribution in [0.1, 0.15) is 90.4 Å². The van der Waals surface area contributed by atoms with Crippen LogP contribution < -0.4 is 42.8 Å². The Labute approximate surface area is 474 Å². The average Bonchev–Trinajstić information content (AvgIpc) is 4.19. The number of aliphatic hydroxyl groups is 1. The van der Waals surface area contributed by atoms with Gasteiger partial charge in [-0.1, -0.05) is 37.3 Å². The molecular weight excluding hydrogens is 1080 g/mol. The molecule has 25 nitrogen and oxygen atoms in total. The Kier molecular flexibility index (Phi) is 19.9. The Bertz CT molecular complexity index is 3310. The number of esters is 1. The molecule has 8 N–H and O–H groups in total. The molecule has 3 aliphatic heterocycles. The van der Waals surface area contributed by atoms with Crippen LogP contribution >= 0.6 is 0 Å². The number of carbonyl (C=O) groups excluding carboxylic acids is 10. The van der Waals surface area contributed by atoms with E-state index in [2.05, 4.69) is 37.2 Å². The van der Waals surface area contributed by atoms with E-state index in [-0.39, 0.29) is 121 Å². The van der Waals surface area contributed by atoms with E-state index in [1.54, 1.807) is 50.2 Å². The van der Waals surface area contributed by atoms with Crippen molar-refractivity contribution in [3.63, 3.8) is 0 Å². The van der Waals surface area contributed by atoms with Gasteiger partial charge in [0.2, 0.25) is 41.4 Å². The summed E-state index contributed by atoms with van der Waals surface area (Å²) in [5, 5.41) is 30.4. The highest BCUT2D eigenvalue weighted by Gasteiger charge is 2.46. The van der Waals surface area contributed by atoms with Crippen molar-refractivity contribution < 1.29 is 71.7 Å². The molecular formula is C57H65FN10O15. The summed E-state index contributed by atoms with van der Waals surface area (Å²) in [6, 6.07) is 9.98. The summed E-state index contributed by atoms with van der Waals surface area (Å²) in [7, 11) is 0. The second kappa shape index (κ2) is 27.3. The Balaban J connectivity index is 0.740. The summed E-state index contributed by atoms with van der Waals surface area (Å²) >= 11 is 0. The predicted octanol–water partition coefficient (Wildman–Crippen LogP) is -0.542. The molecule has 26 heteroatoms. The number of aromatic nitrogens is 2. The van der Waals surface area contributed by atoms with Crippen molar-refractivity contribution in [2.75, 3.05) is 65.7 Å². The van der Waals surface area contributed by atoms with Crippen molar-refractivity contribution in [2.45, 2.75) is 96.1 Å². The van der Waals surface area contributed by atoms with Crippen LogP contribution in [0.4, 0.5) is 4.39 Å². The molecule has 9 amide bonds. The number of pyridine rings is 2. The zero-order chi connectivity index (χ0) is 59.4. The number of ether oxygens (including phenoxy) is 3. The van der Waals surface area contributed by atoms with Crippen LogP contribution in [0.2, 0.25) is 0 Å². The van der Waals surface area contributed by atoms with E-state index < -0.39 is 96.0 Å². The standard InChI is InChI=1S/C57H65FN10O15/c1-3-57(80)37-25-42-53-35(30-68(42)55(78)36(37)31-83-56(57)79)52-39(12-11-34-32(2)38(58)26-40(66-53)51(34)52)64-45(71)10-7-17-59-46(72)28-63-54(77)41(24-33-8-5-4-6-9-33)65-48(74)29-62-47(73)27-61-44(70)16-20-81-22-23-82-21-18-60-43(69)15-19-67-49(75)13-14-50(67)76/h4-6,8-9,13-14,25-26,39,41,80H,3,7,10-12,15-24,27-31H2,1-2H3,(H,59,72)(H,60,69)(H,61,70)(H,62,73)(H,63,77)(H,64,71)(H,65,74)/t39-,41?,57-/m0/s1. The first kappa shape index (κ1) is 60.3. The number of nitrogens with one attached hydrogen (secondary N) is 7. The molecule has 1 aliphatic carbocycles. The molecule has 0 radical (unpaired) electrons. The molecule has 8 rings (SSSR count). The zero-order valence-corrected chi connectivity index (χ0v) is 45.9. The van der Waals surface area contributed by atoms with Gasteiger partial charge in [0, 0.05) is 80.0 Å². The number of hydrogen-bond donors (Lipinski definition) is 8. The molecule has 4 aromatic rings. The van der Waals surface area contributed by atoms with E-state index in [1.165, 1.54) is 10.6 Å². The highest BCUT2D eigenvalue weighted by atomic mass is 19.1. The number of rotatable bonds is 28. The zero-order valence-electron chi connectivity index (χ0n) is 45.9. The van der Waals surface area contributed by atoms with Crippen molar-refractivity contribution in [1.82, 2.24) is 51.7 Å². The van der Waals surface area contributed by atoms with Crippen molar-refractivity contribution >= 4 is 70.0 Å². The first-order valence-corrected chi connectivity index (χ1v) is 27.3. The molecule has 2 aromatic carbocycles. The number of benzene rings is 2. The molecule has 83 heavy (non-hydrogen) atoms. The van der Waals surface area contributed by atoms with Gasteiger partial charge in [0.1, 0.15) is 18.5 Å². The summed E-state index contributed by atoms with van der Waals surface area (Å²) < 4.78 is 32.9. The smallest absolute Gasteiger partial charge is 0.343 e. The lowest BCUT2D eigenvalue weighted by Gasteiger charge is -2.31. The SMILES string of the molecule is CC[C@@]1(O)C(=O)OCc2c1cc1n(c2=O)Cc2c-1nc1cc(F)c(C)c3c1c2[C@@H](NC(=O)CCCNC(=O)CNC(=O)C(Cc1ccccc1)NC(=O)CNC(=O)CNC(=O)CCOCCOCCNC(=O)CCN1C(=O)C=CC1=O)CC3. The molecule has 5 heterocycles. The highest BCUT2D eigenvalue weighted by molar-refractivity contribution is 6.13. The molecule has 0 bridgehead atoms. The topological polar surface area (TPSA) is 341 Å². The van der Waals surface area contributed by atoms with Crippen molar-refractivity contribution in [1.29, 1.82) is 0 Å². The summed E-state index contributed by atoms with van der Waals surface area (Å²) in [6.07, 6.45) is 3.23. The fourth-order valence-electron chi connectivity index (χ4n) is 10.3. The van der Waals surface area contributed by atoms with Gasteiger partial charge in [-0.25, -0.2) is 14.2 Å². The van der Waals surface area contributed by atoms with Crippen LogP contribution in [-0.2, 0) is 93.8 Å². The predicted molar refractivity (Wildman–Crippen MR) is 292 cm³/mol. The number of imide groups is 1. The number of nitrogens with zero attached hydrogens (tertiary/aromatic N) is 3. The molecule has 0 saturated carbocycles. The second-order valence-corrected chi connectivity index (χ2v) is 20.2. The van der Waals surface area contributed by atoms with Crippen LogP contribution in [0.15, 0.2) is 59.4 Å². The maximum atomic E-state index is 15.4. The monoisotopic (exact) mass is 1150 g/mol. The lowest BCUT2D eigenvalue weighted by Crippen LogP contribution is -2.52. The lowest BCUT2D eigenvalue weighted by atomic mass is 9.81. The molecule has 1 unspecified atom stereocenters. The molecule has 0 spiro atoms. The number of halogens is 1. The molecule has 0 saturated heterocycles. The van der Waals surface area contributed by atoms with E-state index in [1.807, 2.05) is 0 Å². The minimum atomic E-state index is -2.05. The van der Waals surface area contributed by atoms with Crippen LogP contribution in [0.5, 0.6) is 0 Å². The largest absolute Gasteiger partial charge is 0.458 e. The molecule has 440 valence electrons.